The third-order valence-electron chi connectivity index (χ3n) is 5.48. The average molecular weight is 413 g/mol. The Hall–Kier alpha value is -1.57. The second kappa shape index (κ2) is 7.45. The van der Waals surface area contributed by atoms with Crippen molar-refractivity contribution in [2.75, 3.05) is 18.5 Å². The molecule has 1 heterocycles. The normalized spacial score (nSPS) is 25.3. The van der Waals surface area contributed by atoms with Crippen LogP contribution in [0.4, 0.5) is 10.5 Å². The Balaban J connectivity index is 1.87. The van der Waals surface area contributed by atoms with Crippen LogP contribution in [-0.4, -0.2) is 38.5 Å². The number of ether oxygens (including phenoxy) is 1. The molecule has 6 nitrogen and oxygen atoms in total. The topological polar surface area (TPSA) is 84.5 Å². The largest absolute Gasteiger partial charge is 0.380 e. The lowest BCUT2D eigenvalue weighted by atomic mass is 10.1. The van der Waals surface area contributed by atoms with E-state index in [1.165, 1.54) is 6.07 Å². The van der Waals surface area contributed by atoms with Crippen molar-refractivity contribution in [3.05, 3.63) is 34.4 Å². The van der Waals surface area contributed by atoms with Gasteiger partial charge in [-0.15, -0.1) is 0 Å². The highest BCUT2D eigenvalue weighted by molar-refractivity contribution is 7.93. The maximum atomic E-state index is 13.3. The zero-order valence-electron chi connectivity index (χ0n) is 15.8. The predicted octanol–water partition coefficient (Wildman–Crippen LogP) is 3.83. The lowest BCUT2D eigenvalue weighted by Crippen LogP contribution is -2.38. The average Bonchev–Trinajstić information content (AvgIpc) is 3.20. The van der Waals surface area contributed by atoms with E-state index in [1.807, 2.05) is 6.92 Å². The molecular weight excluding hydrogens is 388 g/mol. The molecule has 1 aromatic rings. The molecule has 1 saturated heterocycles. The maximum absolute atomic E-state index is 13.3. The first-order valence-electron chi connectivity index (χ1n) is 9.01. The van der Waals surface area contributed by atoms with E-state index in [2.05, 4.69) is 16.7 Å². The summed E-state index contributed by atoms with van der Waals surface area (Å²) in [4.78, 5) is 12.4. The SMILES string of the molecule is CC1=CCC[C@H]1NC(=O)Nc1ccc(Cl)c(S(=O)(=O)[C@@]2(C)CCOC2)c1C. The summed E-state index contributed by atoms with van der Waals surface area (Å²) in [7, 11) is -3.73. The van der Waals surface area contributed by atoms with Crippen molar-refractivity contribution in [2.24, 2.45) is 0 Å². The predicted molar refractivity (Wildman–Crippen MR) is 106 cm³/mol. The van der Waals surface area contributed by atoms with Crippen molar-refractivity contribution in [2.45, 2.75) is 55.7 Å². The number of urea groups is 1. The van der Waals surface area contributed by atoms with Crippen LogP contribution in [0.5, 0.6) is 0 Å². The number of nitrogens with one attached hydrogen (secondary N) is 2. The van der Waals surface area contributed by atoms with Gasteiger partial charge in [-0.25, -0.2) is 13.2 Å². The van der Waals surface area contributed by atoms with Crippen molar-refractivity contribution >= 4 is 33.2 Å². The number of amides is 2. The first kappa shape index (κ1) is 20.2. The number of benzene rings is 1. The summed E-state index contributed by atoms with van der Waals surface area (Å²) in [6.07, 6.45) is 4.33. The highest BCUT2D eigenvalue weighted by Gasteiger charge is 2.45. The molecule has 1 fully saturated rings. The fraction of sp³-hybridized carbons (Fsp3) is 0.526. The van der Waals surface area contributed by atoms with Crippen LogP contribution in [0.2, 0.25) is 5.02 Å². The van der Waals surface area contributed by atoms with Crippen molar-refractivity contribution in [1.29, 1.82) is 0 Å². The molecule has 2 amide bonds. The van der Waals surface area contributed by atoms with E-state index in [-0.39, 0.29) is 28.6 Å². The molecule has 1 aliphatic carbocycles. The summed E-state index contributed by atoms with van der Waals surface area (Å²) in [5.41, 5.74) is 2.00. The molecule has 27 heavy (non-hydrogen) atoms. The molecule has 1 aromatic carbocycles. The summed E-state index contributed by atoms with van der Waals surface area (Å²) >= 11 is 6.26. The summed E-state index contributed by atoms with van der Waals surface area (Å²) in [5, 5.41) is 5.84. The highest BCUT2D eigenvalue weighted by atomic mass is 35.5. The maximum Gasteiger partial charge on any atom is 0.319 e. The van der Waals surface area contributed by atoms with Gasteiger partial charge in [0.25, 0.3) is 0 Å². The van der Waals surface area contributed by atoms with Gasteiger partial charge in [-0.2, -0.15) is 0 Å². The van der Waals surface area contributed by atoms with Gasteiger partial charge in [0.2, 0.25) is 0 Å². The number of rotatable bonds is 4. The molecule has 0 radical (unpaired) electrons. The zero-order chi connectivity index (χ0) is 19.8. The number of carbonyl (C=O) groups is 1. The number of hydrogen-bond acceptors (Lipinski definition) is 4. The van der Waals surface area contributed by atoms with Crippen LogP contribution in [0.1, 0.15) is 38.7 Å². The Morgan fingerprint density at radius 2 is 2.07 bits per heavy atom. The molecule has 0 spiro atoms. The van der Waals surface area contributed by atoms with Gasteiger partial charge in [0.15, 0.2) is 9.84 Å². The van der Waals surface area contributed by atoms with Gasteiger partial charge in [-0.05, 0) is 57.7 Å². The summed E-state index contributed by atoms with van der Waals surface area (Å²) in [6.45, 7) is 5.86. The molecule has 0 saturated carbocycles. The van der Waals surface area contributed by atoms with Crippen molar-refractivity contribution in [3.63, 3.8) is 0 Å². The van der Waals surface area contributed by atoms with E-state index < -0.39 is 14.6 Å². The van der Waals surface area contributed by atoms with Crippen LogP contribution < -0.4 is 10.6 Å². The van der Waals surface area contributed by atoms with Crippen molar-refractivity contribution in [3.8, 4) is 0 Å². The zero-order valence-corrected chi connectivity index (χ0v) is 17.3. The molecule has 2 aliphatic rings. The van der Waals surface area contributed by atoms with Crippen LogP contribution >= 0.6 is 11.6 Å². The molecule has 148 valence electrons. The first-order valence-corrected chi connectivity index (χ1v) is 10.9. The van der Waals surface area contributed by atoms with E-state index in [4.69, 9.17) is 16.3 Å². The third-order valence-corrected chi connectivity index (χ3v) is 8.59. The van der Waals surface area contributed by atoms with Crippen molar-refractivity contribution in [1.82, 2.24) is 5.32 Å². The van der Waals surface area contributed by atoms with Crippen LogP contribution in [0, 0.1) is 6.92 Å². The fourth-order valence-electron chi connectivity index (χ4n) is 3.58. The second-order valence-electron chi connectivity index (χ2n) is 7.48. The van der Waals surface area contributed by atoms with Crippen LogP contribution in [0.25, 0.3) is 0 Å². The number of anilines is 1. The van der Waals surface area contributed by atoms with Crippen LogP contribution in [0.3, 0.4) is 0 Å². The van der Waals surface area contributed by atoms with Gasteiger partial charge in [0.1, 0.15) is 0 Å². The molecule has 3 rings (SSSR count). The Morgan fingerprint density at radius 3 is 2.67 bits per heavy atom. The molecule has 0 bridgehead atoms. The second-order valence-corrected chi connectivity index (χ2v) is 10.3. The monoisotopic (exact) mass is 412 g/mol. The molecule has 1 aliphatic heterocycles. The molecule has 2 atom stereocenters. The minimum atomic E-state index is -3.73. The lowest BCUT2D eigenvalue weighted by Gasteiger charge is -2.25. The van der Waals surface area contributed by atoms with Gasteiger partial charge in [0.05, 0.1) is 27.3 Å². The smallest absolute Gasteiger partial charge is 0.319 e. The molecule has 2 N–H and O–H groups in total. The summed E-state index contributed by atoms with van der Waals surface area (Å²) in [5.74, 6) is 0. The Kier molecular flexibility index (Phi) is 5.57. The van der Waals surface area contributed by atoms with E-state index >= 15 is 0 Å². The fourth-order valence-corrected chi connectivity index (χ4v) is 6.01. The van der Waals surface area contributed by atoms with Gasteiger partial charge in [-0.3, -0.25) is 0 Å². The number of carbonyl (C=O) groups excluding carboxylic acids is 1. The van der Waals surface area contributed by atoms with Crippen LogP contribution in [-0.2, 0) is 14.6 Å². The Labute approximate surface area is 165 Å². The number of allylic oxidation sites excluding steroid dienone is 1. The highest BCUT2D eigenvalue weighted by Crippen LogP contribution is 2.39. The molecule has 8 heteroatoms. The molecule has 0 aromatic heterocycles. The van der Waals surface area contributed by atoms with E-state index in [0.29, 0.717) is 24.3 Å². The molecule has 0 unspecified atom stereocenters. The third kappa shape index (κ3) is 3.73. The quantitative estimate of drug-likeness (QED) is 0.736. The van der Waals surface area contributed by atoms with Gasteiger partial charge >= 0.3 is 6.03 Å². The van der Waals surface area contributed by atoms with Gasteiger partial charge in [-0.1, -0.05) is 23.3 Å². The lowest BCUT2D eigenvalue weighted by molar-refractivity contribution is 0.191. The van der Waals surface area contributed by atoms with E-state index in [0.717, 1.165) is 18.4 Å². The van der Waals surface area contributed by atoms with E-state index in [1.54, 1.807) is 19.9 Å². The number of sulfone groups is 1. The standard InChI is InChI=1S/C19H25ClN2O4S/c1-12-5-4-6-15(12)21-18(23)22-16-8-7-14(20)17(13(16)2)27(24,25)19(3)9-10-26-11-19/h5,7-8,15H,4,6,9-11H2,1-3H3,(H2,21,22,23)/t15-,19+/m1/s1. The Bertz CT molecular complexity index is 889. The van der Waals surface area contributed by atoms with Crippen molar-refractivity contribution < 1.29 is 17.9 Å². The van der Waals surface area contributed by atoms with Gasteiger partial charge < -0.3 is 15.4 Å². The minimum Gasteiger partial charge on any atom is -0.380 e. The van der Waals surface area contributed by atoms with Crippen LogP contribution in [0.15, 0.2) is 28.7 Å². The summed E-state index contributed by atoms with van der Waals surface area (Å²) in [6, 6.07) is 2.78. The Morgan fingerprint density at radius 1 is 1.33 bits per heavy atom. The first-order chi connectivity index (χ1) is 12.7. The summed E-state index contributed by atoms with van der Waals surface area (Å²) < 4.78 is 30.8. The number of halogens is 1. The minimum absolute atomic E-state index is 0.00959. The molecular formula is C19H25ClN2O4S. The van der Waals surface area contributed by atoms with Gasteiger partial charge in [0, 0.05) is 12.3 Å². The number of hydrogen-bond donors (Lipinski definition) is 2. The van der Waals surface area contributed by atoms with E-state index in [9.17, 15) is 13.2 Å².